The first kappa shape index (κ1) is 14.7. The molecule has 0 radical (unpaired) electrons. The Morgan fingerprint density at radius 1 is 1.10 bits per heavy atom. The van der Waals surface area contributed by atoms with Crippen molar-refractivity contribution in [2.75, 3.05) is 6.61 Å². The van der Waals surface area contributed by atoms with Crippen LogP contribution in [0.4, 0.5) is 4.39 Å². The van der Waals surface area contributed by atoms with Crippen molar-refractivity contribution in [1.82, 2.24) is 0 Å². The van der Waals surface area contributed by atoms with Gasteiger partial charge in [-0.15, -0.1) is 0 Å². The van der Waals surface area contributed by atoms with Crippen molar-refractivity contribution in [2.45, 2.75) is 50.9 Å². The first-order valence-corrected chi connectivity index (χ1v) is 7.91. The zero-order valence-electron chi connectivity index (χ0n) is 12.5. The lowest BCUT2D eigenvalue weighted by atomic mass is 9.78. The maximum absolute atomic E-state index is 13.0. The van der Waals surface area contributed by atoms with Crippen LogP contribution in [0.1, 0.15) is 44.1 Å². The van der Waals surface area contributed by atoms with Crippen molar-refractivity contribution in [3.05, 3.63) is 47.8 Å². The number of benzene rings is 1. The quantitative estimate of drug-likeness (QED) is 0.767. The zero-order valence-corrected chi connectivity index (χ0v) is 12.5. The van der Waals surface area contributed by atoms with Crippen molar-refractivity contribution in [1.29, 1.82) is 0 Å². The lowest BCUT2D eigenvalue weighted by Crippen LogP contribution is -2.26. The standard InChI is InChI=1S/C18H23FO2/c1-2-3-17-12-20-18(21-17)15-6-4-13(5-7-15)14-8-10-16(19)11-9-14/h2-3,8-11,13,15,17-18H,4-7,12H2,1H3/b3-2+/t13?,15?,17-,18-/m1/s1. The topological polar surface area (TPSA) is 18.5 Å². The predicted molar refractivity (Wildman–Crippen MR) is 80.5 cm³/mol. The third-order valence-electron chi connectivity index (χ3n) is 4.64. The molecule has 1 aliphatic heterocycles. The average molecular weight is 290 g/mol. The van der Waals surface area contributed by atoms with E-state index in [4.69, 9.17) is 9.47 Å². The molecule has 0 unspecified atom stereocenters. The number of ether oxygens (including phenoxy) is 2. The number of rotatable bonds is 3. The van der Waals surface area contributed by atoms with E-state index in [0.29, 0.717) is 18.4 Å². The molecule has 2 nitrogen and oxygen atoms in total. The normalized spacial score (nSPS) is 33.6. The van der Waals surface area contributed by atoms with Crippen LogP contribution >= 0.6 is 0 Å². The van der Waals surface area contributed by atoms with Gasteiger partial charge in [0, 0.05) is 5.92 Å². The molecule has 1 saturated heterocycles. The Hall–Kier alpha value is -1.19. The van der Waals surface area contributed by atoms with E-state index < -0.39 is 0 Å². The second-order valence-corrected chi connectivity index (χ2v) is 6.07. The van der Waals surface area contributed by atoms with E-state index in [1.165, 1.54) is 5.56 Å². The van der Waals surface area contributed by atoms with Gasteiger partial charge in [0.05, 0.1) is 6.61 Å². The minimum absolute atomic E-state index is 0.0413. The van der Waals surface area contributed by atoms with Crippen LogP contribution in [-0.4, -0.2) is 19.0 Å². The third-order valence-corrected chi connectivity index (χ3v) is 4.64. The molecule has 2 fully saturated rings. The van der Waals surface area contributed by atoms with Gasteiger partial charge in [0.25, 0.3) is 0 Å². The van der Waals surface area contributed by atoms with Gasteiger partial charge in [-0.1, -0.05) is 24.3 Å². The minimum atomic E-state index is -0.157. The lowest BCUT2D eigenvalue weighted by Gasteiger charge is -2.31. The van der Waals surface area contributed by atoms with Crippen molar-refractivity contribution in [3.8, 4) is 0 Å². The Bertz CT molecular complexity index is 474. The van der Waals surface area contributed by atoms with Crippen molar-refractivity contribution in [3.63, 3.8) is 0 Å². The molecule has 114 valence electrons. The summed E-state index contributed by atoms with van der Waals surface area (Å²) in [6.45, 7) is 2.68. The molecule has 0 bridgehead atoms. The van der Waals surface area contributed by atoms with E-state index in [-0.39, 0.29) is 18.2 Å². The Balaban J connectivity index is 1.52. The molecule has 1 aromatic carbocycles. The zero-order chi connectivity index (χ0) is 14.7. The van der Waals surface area contributed by atoms with E-state index in [9.17, 15) is 4.39 Å². The molecule has 1 heterocycles. The van der Waals surface area contributed by atoms with E-state index >= 15 is 0 Å². The molecule has 2 atom stereocenters. The highest BCUT2D eigenvalue weighted by Crippen LogP contribution is 2.39. The second-order valence-electron chi connectivity index (χ2n) is 6.07. The Morgan fingerprint density at radius 2 is 1.81 bits per heavy atom. The highest BCUT2D eigenvalue weighted by molar-refractivity contribution is 5.20. The molecule has 0 amide bonds. The summed E-state index contributed by atoms with van der Waals surface area (Å²) < 4.78 is 24.7. The maximum atomic E-state index is 13.0. The highest BCUT2D eigenvalue weighted by Gasteiger charge is 2.34. The van der Waals surface area contributed by atoms with Crippen LogP contribution in [-0.2, 0) is 9.47 Å². The number of hydrogen-bond donors (Lipinski definition) is 0. The largest absolute Gasteiger partial charge is 0.349 e. The average Bonchev–Trinajstić information content (AvgIpc) is 2.97. The van der Waals surface area contributed by atoms with Gasteiger partial charge in [0.1, 0.15) is 11.9 Å². The Labute approximate surface area is 126 Å². The van der Waals surface area contributed by atoms with Crippen molar-refractivity contribution < 1.29 is 13.9 Å². The molecule has 1 aromatic rings. The molecule has 0 spiro atoms. The van der Waals surface area contributed by atoms with E-state index in [1.807, 2.05) is 25.1 Å². The van der Waals surface area contributed by atoms with Gasteiger partial charge >= 0.3 is 0 Å². The van der Waals surface area contributed by atoms with E-state index in [0.717, 1.165) is 25.7 Å². The van der Waals surface area contributed by atoms with Gasteiger partial charge in [-0.2, -0.15) is 0 Å². The van der Waals surface area contributed by atoms with Crippen LogP contribution in [0.3, 0.4) is 0 Å². The third kappa shape index (κ3) is 3.53. The van der Waals surface area contributed by atoms with Gasteiger partial charge in [0.15, 0.2) is 6.29 Å². The molecule has 2 aliphatic rings. The summed E-state index contributed by atoms with van der Waals surface area (Å²) in [5, 5.41) is 0. The molecular formula is C18H23FO2. The van der Waals surface area contributed by atoms with Gasteiger partial charge in [-0.05, 0) is 56.2 Å². The van der Waals surface area contributed by atoms with E-state index in [1.54, 1.807) is 12.1 Å². The Kier molecular flexibility index (Phi) is 4.71. The van der Waals surface area contributed by atoms with Crippen molar-refractivity contribution in [2.24, 2.45) is 5.92 Å². The summed E-state index contributed by atoms with van der Waals surface area (Å²) in [5.74, 6) is 0.891. The monoisotopic (exact) mass is 290 g/mol. The molecule has 0 N–H and O–H groups in total. The number of hydrogen-bond acceptors (Lipinski definition) is 2. The lowest BCUT2D eigenvalue weighted by molar-refractivity contribution is -0.100. The van der Waals surface area contributed by atoms with Gasteiger partial charge in [0.2, 0.25) is 0 Å². The van der Waals surface area contributed by atoms with Gasteiger partial charge in [-0.25, -0.2) is 4.39 Å². The highest BCUT2D eigenvalue weighted by atomic mass is 19.1. The minimum Gasteiger partial charge on any atom is -0.349 e. The van der Waals surface area contributed by atoms with Crippen LogP contribution in [0.2, 0.25) is 0 Å². The number of halogens is 1. The molecular weight excluding hydrogens is 267 g/mol. The van der Waals surface area contributed by atoms with Crippen LogP contribution in [0.25, 0.3) is 0 Å². The summed E-state index contributed by atoms with van der Waals surface area (Å²) in [5.41, 5.74) is 1.26. The molecule has 3 rings (SSSR count). The molecule has 3 heteroatoms. The van der Waals surface area contributed by atoms with Crippen LogP contribution in [0.15, 0.2) is 36.4 Å². The van der Waals surface area contributed by atoms with Gasteiger partial charge in [-0.3, -0.25) is 0 Å². The predicted octanol–water partition coefficient (Wildman–Crippen LogP) is 4.42. The smallest absolute Gasteiger partial charge is 0.161 e. The SMILES string of the molecule is C/C=C/[C@@H]1CO[C@@H](C2CCC(c3ccc(F)cc3)CC2)O1. The second kappa shape index (κ2) is 6.71. The summed E-state index contributed by atoms with van der Waals surface area (Å²) in [6.07, 6.45) is 8.66. The van der Waals surface area contributed by atoms with Crippen LogP contribution in [0, 0.1) is 11.7 Å². The fourth-order valence-corrected chi connectivity index (χ4v) is 3.46. The van der Waals surface area contributed by atoms with Crippen molar-refractivity contribution >= 4 is 0 Å². The summed E-state index contributed by atoms with van der Waals surface area (Å²) in [6, 6.07) is 6.97. The molecule has 0 aromatic heterocycles. The summed E-state index contributed by atoms with van der Waals surface area (Å²) in [4.78, 5) is 0. The molecule has 1 saturated carbocycles. The van der Waals surface area contributed by atoms with E-state index in [2.05, 4.69) is 6.08 Å². The maximum Gasteiger partial charge on any atom is 0.161 e. The van der Waals surface area contributed by atoms with Gasteiger partial charge < -0.3 is 9.47 Å². The Morgan fingerprint density at radius 3 is 2.48 bits per heavy atom. The number of allylic oxidation sites excluding steroid dienone is 1. The van der Waals surface area contributed by atoms with Crippen LogP contribution < -0.4 is 0 Å². The fraction of sp³-hybridized carbons (Fsp3) is 0.556. The summed E-state index contributed by atoms with van der Waals surface area (Å²) in [7, 11) is 0. The van der Waals surface area contributed by atoms with Crippen LogP contribution in [0.5, 0.6) is 0 Å². The fourth-order valence-electron chi connectivity index (χ4n) is 3.46. The summed E-state index contributed by atoms with van der Waals surface area (Å²) >= 11 is 0. The first-order valence-electron chi connectivity index (χ1n) is 7.91. The first-order chi connectivity index (χ1) is 10.3. The molecule has 21 heavy (non-hydrogen) atoms. The molecule has 1 aliphatic carbocycles.